The quantitative estimate of drug-likeness (QED) is 0.545. The summed E-state index contributed by atoms with van der Waals surface area (Å²) in [4.78, 5) is 2.40. The molecule has 0 aliphatic carbocycles. The maximum Gasteiger partial charge on any atom is 0.0597 e. The molecule has 3 nitrogen and oxygen atoms in total. The molecular weight excluding hydrogens is 224 g/mol. The van der Waals surface area contributed by atoms with Crippen molar-refractivity contribution in [2.75, 3.05) is 39.3 Å². The van der Waals surface area contributed by atoms with Gasteiger partial charge in [0.2, 0.25) is 0 Å². The Labute approximate surface area is 114 Å². The van der Waals surface area contributed by atoms with Crippen molar-refractivity contribution in [3.63, 3.8) is 0 Å². The van der Waals surface area contributed by atoms with E-state index in [0.29, 0.717) is 6.10 Å². The van der Waals surface area contributed by atoms with E-state index in [1.165, 1.54) is 6.42 Å². The number of nitrogens with zero attached hydrogens (tertiary/aromatic N) is 1. The van der Waals surface area contributed by atoms with Crippen LogP contribution in [-0.4, -0.2) is 50.3 Å². The van der Waals surface area contributed by atoms with Crippen molar-refractivity contribution in [2.24, 2.45) is 5.92 Å². The van der Waals surface area contributed by atoms with Crippen LogP contribution < -0.4 is 5.32 Å². The Kier molecular flexibility index (Phi) is 11.9. The van der Waals surface area contributed by atoms with Gasteiger partial charge in [-0.3, -0.25) is 0 Å². The van der Waals surface area contributed by atoms with Gasteiger partial charge < -0.3 is 15.0 Å². The standard InChI is InChI=1S/C15H34N2O/c1-6-17(7-2)11-12-18-15(5)9-8-10-16-13-14(3)4/h14-16H,6-13H2,1-5H3. The number of rotatable bonds is 12. The Morgan fingerprint density at radius 1 is 1.11 bits per heavy atom. The van der Waals surface area contributed by atoms with E-state index < -0.39 is 0 Å². The highest BCUT2D eigenvalue weighted by molar-refractivity contribution is 4.57. The van der Waals surface area contributed by atoms with E-state index in [9.17, 15) is 0 Å². The highest BCUT2D eigenvalue weighted by atomic mass is 16.5. The van der Waals surface area contributed by atoms with Crippen LogP contribution >= 0.6 is 0 Å². The number of likely N-dealkylation sites (N-methyl/N-ethyl adjacent to an activating group) is 1. The van der Waals surface area contributed by atoms with Gasteiger partial charge in [-0.1, -0.05) is 27.7 Å². The van der Waals surface area contributed by atoms with E-state index in [1.54, 1.807) is 0 Å². The van der Waals surface area contributed by atoms with Gasteiger partial charge in [-0.05, 0) is 51.9 Å². The molecule has 0 aromatic rings. The third kappa shape index (κ3) is 11.0. The molecule has 0 aromatic heterocycles. The summed E-state index contributed by atoms with van der Waals surface area (Å²) >= 11 is 0. The second-order valence-corrected chi connectivity index (χ2v) is 5.45. The molecule has 1 unspecified atom stereocenters. The maximum absolute atomic E-state index is 5.83. The van der Waals surface area contributed by atoms with Crippen LogP contribution in [0.2, 0.25) is 0 Å². The number of hydrogen-bond acceptors (Lipinski definition) is 3. The molecule has 0 heterocycles. The van der Waals surface area contributed by atoms with E-state index in [2.05, 4.69) is 44.8 Å². The molecule has 0 bridgehead atoms. The van der Waals surface area contributed by atoms with Gasteiger partial charge in [0, 0.05) is 6.54 Å². The summed E-state index contributed by atoms with van der Waals surface area (Å²) in [6.45, 7) is 17.5. The third-order valence-electron chi connectivity index (χ3n) is 3.22. The molecule has 0 radical (unpaired) electrons. The van der Waals surface area contributed by atoms with Crippen molar-refractivity contribution in [1.29, 1.82) is 0 Å². The fourth-order valence-corrected chi connectivity index (χ4v) is 1.91. The number of nitrogens with one attached hydrogen (secondary N) is 1. The van der Waals surface area contributed by atoms with Crippen LogP contribution in [0.5, 0.6) is 0 Å². The zero-order valence-corrected chi connectivity index (χ0v) is 13.2. The first-order valence-corrected chi connectivity index (χ1v) is 7.64. The highest BCUT2D eigenvalue weighted by Crippen LogP contribution is 2.01. The zero-order valence-electron chi connectivity index (χ0n) is 13.2. The molecule has 0 aliphatic heterocycles. The first-order chi connectivity index (χ1) is 8.60. The summed E-state index contributed by atoms with van der Waals surface area (Å²) in [5, 5.41) is 3.47. The lowest BCUT2D eigenvalue weighted by Crippen LogP contribution is -2.28. The second kappa shape index (κ2) is 11.9. The van der Waals surface area contributed by atoms with Crippen molar-refractivity contribution < 1.29 is 4.74 Å². The summed E-state index contributed by atoms with van der Waals surface area (Å²) in [5.74, 6) is 0.743. The summed E-state index contributed by atoms with van der Waals surface area (Å²) in [5.41, 5.74) is 0. The predicted octanol–water partition coefficient (Wildman–Crippen LogP) is 2.76. The van der Waals surface area contributed by atoms with Gasteiger partial charge in [-0.25, -0.2) is 0 Å². The smallest absolute Gasteiger partial charge is 0.0597 e. The molecule has 3 heteroatoms. The molecule has 1 atom stereocenters. The summed E-state index contributed by atoms with van der Waals surface area (Å²) in [6, 6.07) is 0. The second-order valence-electron chi connectivity index (χ2n) is 5.45. The van der Waals surface area contributed by atoms with E-state index in [4.69, 9.17) is 4.74 Å². The normalized spacial score (nSPS) is 13.5. The first kappa shape index (κ1) is 17.9. The fourth-order valence-electron chi connectivity index (χ4n) is 1.91. The molecule has 0 saturated heterocycles. The Balaban J connectivity index is 3.34. The van der Waals surface area contributed by atoms with E-state index in [-0.39, 0.29) is 0 Å². The van der Waals surface area contributed by atoms with Gasteiger partial charge in [0.05, 0.1) is 12.7 Å². The van der Waals surface area contributed by atoms with Crippen LogP contribution in [-0.2, 0) is 4.74 Å². The fraction of sp³-hybridized carbons (Fsp3) is 1.00. The maximum atomic E-state index is 5.83. The lowest BCUT2D eigenvalue weighted by Gasteiger charge is -2.20. The van der Waals surface area contributed by atoms with Crippen LogP contribution in [0.25, 0.3) is 0 Å². The predicted molar refractivity (Wildman–Crippen MR) is 80.1 cm³/mol. The lowest BCUT2D eigenvalue weighted by atomic mass is 10.2. The van der Waals surface area contributed by atoms with Crippen molar-refractivity contribution in [1.82, 2.24) is 10.2 Å². The van der Waals surface area contributed by atoms with E-state index in [0.717, 1.165) is 51.7 Å². The van der Waals surface area contributed by atoms with Crippen LogP contribution in [0, 0.1) is 5.92 Å². The molecular formula is C15H34N2O. The van der Waals surface area contributed by atoms with E-state index in [1.807, 2.05) is 0 Å². The Morgan fingerprint density at radius 2 is 1.78 bits per heavy atom. The monoisotopic (exact) mass is 258 g/mol. The first-order valence-electron chi connectivity index (χ1n) is 7.64. The third-order valence-corrected chi connectivity index (χ3v) is 3.22. The van der Waals surface area contributed by atoms with Crippen molar-refractivity contribution in [3.8, 4) is 0 Å². The Morgan fingerprint density at radius 3 is 2.33 bits per heavy atom. The Hall–Kier alpha value is -0.120. The van der Waals surface area contributed by atoms with Crippen LogP contribution in [0.15, 0.2) is 0 Å². The average Bonchev–Trinajstić information content (AvgIpc) is 2.34. The van der Waals surface area contributed by atoms with Gasteiger partial charge in [-0.15, -0.1) is 0 Å². The Bertz CT molecular complexity index is 170. The SMILES string of the molecule is CCN(CC)CCOC(C)CCCNCC(C)C. The molecule has 0 aromatic carbocycles. The summed E-state index contributed by atoms with van der Waals surface area (Å²) in [7, 11) is 0. The average molecular weight is 258 g/mol. The van der Waals surface area contributed by atoms with Crippen molar-refractivity contribution in [3.05, 3.63) is 0 Å². The van der Waals surface area contributed by atoms with Crippen LogP contribution in [0.3, 0.4) is 0 Å². The molecule has 1 N–H and O–H groups in total. The minimum atomic E-state index is 0.390. The molecule has 18 heavy (non-hydrogen) atoms. The molecule has 0 fully saturated rings. The zero-order chi connectivity index (χ0) is 13.8. The largest absolute Gasteiger partial charge is 0.377 e. The van der Waals surface area contributed by atoms with Crippen molar-refractivity contribution >= 4 is 0 Å². The minimum Gasteiger partial charge on any atom is -0.377 e. The molecule has 110 valence electrons. The summed E-state index contributed by atoms with van der Waals surface area (Å²) < 4.78 is 5.83. The highest BCUT2D eigenvalue weighted by Gasteiger charge is 2.04. The van der Waals surface area contributed by atoms with Crippen LogP contribution in [0.4, 0.5) is 0 Å². The number of ether oxygens (including phenoxy) is 1. The van der Waals surface area contributed by atoms with Gasteiger partial charge in [-0.2, -0.15) is 0 Å². The van der Waals surface area contributed by atoms with Crippen LogP contribution in [0.1, 0.15) is 47.5 Å². The van der Waals surface area contributed by atoms with Gasteiger partial charge >= 0.3 is 0 Å². The van der Waals surface area contributed by atoms with Crippen molar-refractivity contribution in [2.45, 2.75) is 53.6 Å². The van der Waals surface area contributed by atoms with E-state index >= 15 is 0 Å². The molecule has 0 rings (SSSR count). The molecule has 0 amide bonds. The topological polar surface area (TPSA) is 24.5 Å². The molecule has 0 spiro atoms. The van der Waals surface area contributed by atoms with Gasteiger partial charge in [0.1, 0.15) is 0 Å². The van der Waals surface area contributed by atoms with Gasteiger partial charge in [0.15, 0.2) is 0 Å². The lowest BCUT2D eigenvalue weighted by molar-refractivity contribution is 0.0441. The summed E-state index contributed by atoms with van der Waals surface area (Å²) in [6.07, 6.45) is 2.75. The number of hydrogen-bond donors (Lipinski definition) is 1. The minimum absolute atomic E-state index is 0.390. The molecule has 0 aliphatic rings. The molecule has 0 saturated carbocycles. The van der Waals surface area contributed by atoms with Gasteiger partial charge in [0.25, 0.3) is 0 Å².